The molecule has 1 aromatic rings. The molecule has 8 nitrogen and oxygen atoms in total. The Balaban J connectivity index is 2.05. The second-order valence-corrected chi connectivity index (χ2v) is 8.44. The molecule has 2 rings (SSSR count). The quantitative estimate of drug-likeness (QED) is 0.706. The third-order valence-electron chi connectivity index (χ3n) is 4.56. The van der Waals surface area contributed by atoms with Crippen molar-refractivity contribution < 1.29 is 22.7 Å². The Labute approximate surface area is 160 Å². The van der Waals surface area contributed by atoms with Crippen LogP contribution in [0.15, 0.2) is 29.2 Å². The van der Waals surface area contributed by atoms with Gasteiger partial charge < -0.3 is 15.4 Å². The summed E-state index contributed by atoms with van der Waals surface area (Å²) in [6.07, 6.45) is 1.17. The molecule has 1 fully saturated rings. The van der Waals surface area contributed by atoms with E-state index in [1.807, 2.05) is 0 Å². The number of hydrogen-bond acceptors (Lipinski definition) is 5. The van der Waals surface area contributed by atoms with Crippen LogP contribution in [0.25, 0.3) is 0 Å². The molecule has 0 saturated carbocycles. The van der Waals surface area contributed by atoms with E-state index in [2.05, 4.69) is 10.6 Å². The zero-order valence-electron chi connectivity index (χ0n) is 15.9. The first-order valence-electron chi connectivity index (χ1n) is 9.02. The number of ether oxygens (including phenoxy) is 1. The maximum atomic E-state index is 12.9. The van der Waals surface area contributed by atoms with E-state index in [9.17, 15) is 18.0 Å². The summed E-state index contributed by atoms with van der Waals surface area (Å²) in [5.74, 6) is -0.472. The van der Waals surface area contributed by atoms with Crippen molar-refractivity contribution in [3.63, 3.8) is 0 Å². The summed E-state index contributed by atoms with van der Waals surface area (Å²) in [7, 11) is -2.18. The Morgan fingerprint density at radius 3 is 2.56 bits per heavy atom. The molecule has 0 spiro atoms. The third-order valence-corrected chi connectivity index (χ3v) is 6.43. The van der Waals surface area contributed by atoms with Crippen molar-refractivity contribution in [1.82, 2.24) is 14.9 Å². The molecule has 0 radical (unpaired) electrons. The third kappa shape index (κ3) is 5.20. The molecule has 1 heterocycles. The lowest BCUT2D eigenvalue weighted by Crippen LogP contribution is -2.50. The van der Waals surface area contributed by atoms with Crippen molar-refractivity contribution in [3.05, 3.63) is 24.3 Å². The van der Waals surface area contributed by atoms with Crippen molar-refractivity contribution in [2.75, 3.05) is 26.7 Å². The number of amides is 2. The molecule has 0 aromatic heterocycles. The Bertz CT molecular complexity index is 764. The summed E-state index contributed by atoms with van der Waals surface area (Å²) in [5.41, 5.74) is 0. The average Bonchev–Trinajstić information content (AvgIpc) is 2.68. The molecule has 1 aliphatic rings. The number of hydrogen-bond donors (Lipinski definition) is 2. The van der Waals surface area contributed by atoms with Crippen LogP contribution in [0.4, 0.5) is 0 Å². The van der Waals surface area contributed by atoms with Gasteiger partial charge in [-0.3, -0.25) is 9.59 Å². The van der Waals surface area contributed by atoms with E-state index < -0.39 is 22.0 Å². The van der Waals surface area contributed by atoms with E-state index in [0.717, 1.165) is 0 Å². The zero-order valence-corrected chi connectivity index (χ0v) is 16.7. The lowest BCUT2D eigenvalue weighted by molar-refractivity contribution is -0.131. The van der Waals surface area contributed by atoms with Gasteiger partial charge in [0.25, 0.3) is 0 Å². The highest BCUT2D eigenvalue weighted by molar-refractivity contribution is 7.89. The number of carbonyl (C=O) groups is 2. The van der Waals surface area contributed by atoms with E-state index in [0.29, 0.717) is 31.7 Å². The van der Waals surface area contributed by atoms with Gasteiger partial charge in [0.15, 0.2) is 0 Å². The SMILES string of the molecule is CCNC(=O)[C@@H](C)NC(=O)[C@H]1CCCN(S(=O)(=O)c2ccc(OC)cc2)C1. The van der Waals surface area contributed by atoms with Crippen LogP contribution in [0.5, 0.6) is 5.75 Å². The molecule has 0 unspecified atom stereocenters. The maximum Gasteiger partial charge on any atom is 0.243 e. The van der Waals surface area contributed by atoms with Gasteiger partial charge in [-0.1, -0.05) is 0 Å². The highest BCUT2D eigenvalue weighted by Crippen LogP contribution is 2.25. The number of methoxy groups -OCH3 is 1. The number of piperidine rings is 1. The molecule has 1 saturated heterocycles. The maximum absolute atomic E-state index is 12.9. The molecule has 27 heavy (non-hydrogen) atoms. The van der Waals surface area contributed by atoms with Gasteiger partial charge >= 0.3 is 0 Å². The molecule has 1 aliphatic heterocycles. The van der Waals surface area contributed by atoms with Crippen LogP contribution in [0.3, 0.4) is 0 Å². The predicted molar refractivity (Wildman–Crippen MR) is 101 cm³/mol. The molecule has 150 valence electrons. The number of likely N-dealkylation sites (N-methyl/N-ethyl adjacent to an activating group) is 1. The lowest BCUT2D eigenvalue weighted by atomic mass is 9.98. The normalized spacial score (nSPS) is 19.1. The number of sulfonamides is 1. The monoisotopic (exact) mass is 397 g/mol. The standard InChI is InChI=1S/C18H27N3O5S/c1-4-19-17(22)13(2)20-18(23)14-6-5-11-21(12-14)27(24,25)16-9-7-15(26-3)8-10-16/h7-10,13-14H,4-6,11-12H2,1-3H3,(H,19,22)(H,20,23)/t13-,14+/m1/s1. The highest BCUT2D eigenvalue weighted by Gasteiger charge is 2.34. The molecule has 0 aliphatic carbocycles. The first-order chi connectivity index (χ1) is 12.8. The number of benzene rings is 1. The van der Waals surface area contributed by atoms with Crippen LogP contribution < -0.4 is 15.4 Å². The van der Waals surface area contributed by atoms with E-state index in [1.165, 1.54) is 23.5 Å². The minimum atomic E-state index is -3.69. The summed E-state index contributed by atoms with van der Waals surface area (Å²) in [6, 6.07) is 5.51. The topological polar surface area (TPSA) is 105 Å². The molecular formula is C18H27N3O5S. The highest BCUT2D eigenvalue weighted by atomic mass is 32.2. The van der Waals surface area contributed by atoms with Gasteiger partial charge in [0, 0.05) is 19.6 Å². The van der Waals surface area contributed by atoms with Crippen LogP contribution in [-0.2, 0) is 19.6 Å². The van der Waals surface area contributed by atoms with Gasteiger partial charge in [0.05, 0.1) is 17.9 Å². The van der Waals surface area contributed by atoms with Crippen LogP contribution in [-0.4, -0.2) is 57.3 Å². The van der Waals surface area contributed by atoms with E-state index in [4.69, 9.17) is 4.74 Å². The fourth-order valence-electron chi connectivity index (χ4n) is 3.00. The van der Waals surface area contributed by atoms with Gasteiger partial charge in [0.1, 0.15) is 11.8 Å². The summed E-state index contributed by atoms with van der Waals surface area (Å²) in [4.78, 5) is 24.4. The van der Waals surface area contributed by atoms with Crippen LogP contribution in [0.2, 0.25) is 0 Å². The number of carbonyl (C=O) groups excluding carboxylic acids is 2. The molecule has 2 amide bonds. The van der Waals surface area contributed by atoms with Crippen molar-refractivity contribution >= 4 is 21.8 Å². The number of nitrogens with zero attached hydrogens (tertiary/aromatic N) is 1. The summed E-state index contributed by atoms with van der Waals surface area (Å²) >= 11 is 0. The molecule has 1 aromatic carbocycles. The molecule has 2 atom stereocenters. The van der Waals surface area contributed by atoms with Gasteiger partial charge in [-0.15, -0.1) is 0 Å². The minimum absolute atomic E-state index is 0.0995. The second-order valence-electron chi connectivity index (χ2n) is 6.50. The Morgan fingerprint density at radius 2 is 1.96 bits per heavy atom. The van der Waals surface area contributed by atoms with E-state index in [1.54, 1.807) is 26.0 Å². The van der Waals surface area contributed by atoms with Gasteiger partial charge in [0.2, 0.25) is 21.8 Å². The lowest BCUT2D eigenvalue weighted by Gasteiger charge is -2.31. The van der Waals surface area contributed by atoms with Crippen molar-refractivity contribution in [2.45, 2.75) is 37.6 Å². The predicted octanol–water partition coefficient (Wildman–Crippen LogP) is 0.737. The fourth-order valence-corrected chi connectivity index (χ4v) is 4.52. The van der Waals surface area contributed by atoms with Gasteiger partial charge in [-0.2, -0.15) is 4.31 Å². The number of rotatable bonds is 7. The molecular weight excluding hydrogens is 370 g/mol. The van der Waals surface area contributed by atoms with Crippen molar-refractivity contribution in [3.8, 4) is 5.75 Å². The molecule has 9 heteroatoms. The van der Waals surface area contributed by atoms with E-state index in [-0.39, 0.29) is 23.3 Å². The Hall–Kier alpha value is -2.13. The smallest absolute Gasteiger partial charge is 0.243 e. The fraction of sp³-hybridized carbons (Fsp3) is 0.556. The van der Waals surface area contributed by atoms with Gasteiger partial charge in [-0.05, 0) is 51.0 Å². The summed E-state index contributed by atoms with van der Waals surface area (Å²) in [5, 5.41) is 5.32. The Kier molecular flexibility index (Phi) is 7.20. The summed E-state index contributed by atoms with van der Waals surface area (Å²) in [6.45, 7) is 4.36. The van der Waals surface area contributed by atoms with Crippen molar-refractivity contribution in [1.29, 1.82) is 0 Å². The average molecular weight is 397 g/mol. The second kappa shape index (κ2) is 9.18. The Morgan fingerprint density at radius 1 is 1.30 bits per heavy atom. The largest absolute Gasteiger partial charge is 0.497 e. The van der Waals surface area contributed by atoms with Crippen LogP contribution >= 0.6 is 0 Å². The van der Waals surface area contributed by atoms with Gasteiger partial charge in [-0.25, -0.2) is 8.42 Å². The van der Waals surface area contributed by atoms with Crippen LogP contribution in [0, 0.1) is 5.92 Å². The zero-order chi connectivity index (χ0) is 20.0. The first kappa shape index (κ1) is 21.2. The first-order valence-corrected chi connectivity index (χ1v) is 10.5. The van der Waals surface area contributed by atoms with Crippen LogP contribution in [0.1, 0.15) is 26.7 Å². The minimum Gasteiger partial charge on any atom is -0.497 e. The molecule has 0 bridgehead atoms. The van der Waals surface area contributed by atoms with Crippen molar-refractivity contribution in [2.24, 2.45) is 5.92 Å². The van der Waals surface area contributed by atoms with E-state index >= 15 is 0 Å². The molecule has 2 N–H and O–H groups in total. The number of nitrogens with one attached hydrogen (secondary N) is 2. The summed E-state index contributed by atoms with van der Waals surface area (Å²) < 4.78 is 32.1.